The maximum absolute atomic E-state index is 5.48. The Labute approximate surface area is 98.0 Å². The Morgan fingerprint density at radius 3 is 2.75 bits per heavy atom. The van der Waals surface area contributed by atoms with Crippen LogP contribution in [0.2, 0.25) is 0 Å². The molecule has 1 aromatic rings. The molecule has 0 saturated heterocycles. The summed E-state index contributed by atoms with van der Waals surface area (Å²) in [5.41, 5.74) is 1.69. The highest BCUT2D eigenvalue weighted by molar-refractivity contribution is 5.45. The second kappa shape index (κ2) is 4.46. The summed E-state index contributed by atoms with van der Waals surface area (Å²) in [6, 6.07) is 8.43. The Kier molecular flexibility index (Phi) is 3.20. The molecule has 0 aliphatic heterocycles. The fourth-order valence-electron chi connectivity index (χ4n) is 2.93. The molecular weight excluding hydrogens is 198 g/mol. The van der Waals surface area contributed by atoms with Gasteiger partial charge in [0.1, 0.15) is 5.75 Å². The zero-order valence-electron chi connectivity index (χ0n) is 10.4. The minimum Gasteiger partial charge on any atom is -0.496 e. The van der Waals surface area contributed by atoms with Crippen LogP contribution < -0.4 is 10.1 Å². The van der Waals surface area contributed by atoms with Crippen LogP contribution >= 0.6 is 0 Å². The lowest BCUT2D eigenvalue weighted by Crippen LogP contribution is -2.26. The highest BCUT2D eigenvalue weighted by atomic mass is 16.5. The molecule has 0 aromatic heterocycles. The van der Waals surface area contributed by atoms with Gasteiger partial charge in [-0.3, -0.25) is 0 Å². The third-order valence-electron chi connectivity index (χ3n) is 3.86. The summed E-state index contributed by atoms with van der Waals surface area (Å²) in [5.74, 6) is 1.84. The first-order chi connectivity index (χ1) is 7.78. The van der Waals surface area contributed by atoms with Crippen molar-refractivity contribution in [2.45, 2.75) is 25.2 Å². The van der Waals surface area contributed by atoms with Gasteiger partial charge in [0.15, 0.2) is 0 Å². The van der Waals surface area contributed by atoms with Crippen molar-refractivity contribution in [3.05, 3.63) is 29.8 Å². The van der Waals surface area contributed by atoms with Crippen LogP contribution in [0.4, 0.5) is 0 Å². The van der Waals surface area contributed by atoms with E-state index >= 15 is 0 Å². The van der Waals surface area contributed by atoms with Gasteiger partial charge < -0.3 is 10.1 Å². The van der Waals surface area contributed by atoms with E-state index < -0.39 is 0 Å². The summed E-state index contributed by atoms with van der Waals surface area (Å²) < 4.78 is 5.48. The van der Waals surface area contributed by atoms with E-state index in [-0.39, 0.29) is 0 Å². The molecule has 0 bridgehead atoms. The van der Waals surface area contributed by atoms with Crippen molar-refractivity contribution in [3.63, 3.8) is 0 Å². The second-order valence-corrected chi connectivity index (χ2v) is 4.70. The number of hydrogen-bond donors (Lipinski definition) is 1. The number of rotatable bonds is 5. The molecule has 2 unspecified atom stereocenters. The van der Waals surface area contributed by atoms with Gasteiger partial charge in [-0.15, -0.1) is 0 Å². The molecule has 1 N–H and O–H groups in total. The van der Waals surface area contributed by atoms with Crippen molar-refractivity contribution in [1.29, 1.82) is 0 Å². The van der Waals surface area contributed by atoms with Crippen molar-refractivity contribution >= 4 is 0 Å². The topological polar surface area (TPSA) is 21.3 Å². The first-order valence-corrected chi connectivity index (χ1v) is 6.06. The van der Waals surface area contributed by atoms with Crippen LogP contribution in [0.5, 0.6) is 5.75 Å². The first kappa shape index (κ1) is 11.5. The summed E-state index contributed by atoms with van der Waals surface area (Å²) in [4.78, 5) is 0. The fourth-order valence-corrected chi connectivity index (χ4v) is 2.93. The molecule has 0 radical (unpaired) electrons. The Hall–Kier alpha value is -1.02. The summed E-state index contributed by atoms with van der Waals surface area (Å²) in [5, 5.41) is 3.33. The molecule has 2 rings (SSSR count). The summed E-state index contributed by atoms with van der Waals surface area (Å²) in [7, 11) is 3.79. The number of likely N-dealkylation sites (N-methyl/N-ethyl adjacent to an activating group) is 1. The van der Waals surface area contributed by atoms with E-state index in [1.807, 2.05) is 13.1 Å². The van der Waals surface area contributed by atoms with Gasteiger partial charge in [0.2, 0.25) is 0 Å². The molecule has 2 atom stereocenters. The van der Waals surface area contributed by atoms with E-state index in [2.05, 4.69) is 30.4 Å². The van der Waals surface area contributed by atoms with Crippen molar-refractivity contribution in [2.24, 2.45) is 5.92 Å². The van der Waals surface area contributed by atoms with Gasteiger partial charge in [-0.25, -0.2) is 0 Å². The fraction of sp³-hybridized carbons (Fsp3) is 0.571. The average Bonchev–Trinajstić information content (AvgIpc) is 3.04. The summed E-state index contributed by atoms with van der Waals surface area (Å²) in [6.45, 7) is 3.32. The molecule has 0 amide bonds. The third-order valence-corrected chi connectivity index (χ3v) is 3.86. The molecule has 1 fully saturated rings. The molecule has 16 heavy (non-hydrogen) atoms. The van der Waals surface area contributed by atoms with Gasteiger partial charge >= 0.3 is 0 Å². The Bertz CT molecular complexity index is 364. The summed E-state index contributed by atoms with van der Waals surface area (Å²) >= 11 is 0. The average molecular weight is 219 g/mol. The number of benzene rings is 1. The molecular formula is C14H21NO. The van der Waals surface area contributed by atoms with Gasteiger partial charge in [-0.1, -0.05) is 31.5 Å². The van der Waals surface area contributed by atoms with Gasteiger partial charge in [-0.2, -0.15) is 0 Å². The first-order valence-electron chi connectivity index (χ1n) is 6.06. The lowest BCUT2D eigenvalue weighted by atomic mass is 9.91. The predicted molar refractivity (Wildman–Crippen MR) is 67.0 cm³/mol. The number of nitrogens with one attached hydrogen (secondary N) is 1. The van der Waals surface area contributed by atoms with E-state index in [9.17, 15) is 0 Å². The highest BCUT2D eigenvalue weighted by Crippen LogP contribution is 2.57. The summed E-state index contributed by atoms with van der Waals surface area (Å²) in [6.07, 6.45) is 2.53. The van der Waals surface area contributed by atoms with Gasteiger partial charge in [-0.05, 0) is 25.5 Å². The zero-order chi connectivity index (χ0) is 11.6. The van der Waals surface area contributed by atoms with Crippen molar-refractivity contribution < 1.29 is 4.74 Å². The van der Waals surface area contributed by atoms with Crippen LogP contribution in [0.25, 0.3) is 0 Å². The Morgan fingerprint density at radius 2 is 2.19 bits per heavy atom. The van der Waals surface area contributed by atoms with Crippen LogP contribution in [0.15, 0.2) is 24.3 Å². The zero-order valence-corrected chi connectivity index (χ0v) is 10.4. The smallest absolute Gasteiger partial charge is 0.122 e. The maximum atomic E-state index is 5.48. The molecule has 1 aromatic carbocycles. The molecule has 1 saturated carbocycles. The van der Waals surface area contributed by atoms with Crippen LogP contribution in [-0.2, 0) is 5.41 Å². The lowest BCUT2D eigenvalue weighted by molar-refractivity contribution is 0.399. The minimum absolute atomic E-state index is 0.316. The quantitative estimate of drug-likeness (QED) is 0.822. The van der Waals surface area contributed by atoms with Crippen LogP contribution in [0.3, 0.4) is 0 Å². The highest BCUT2D eigenvalue weighted by Gasteiger charge is 2.54. The van der Waals surface area contributed by atoms with E-state index in [1.54, 1.807) is 7.11 Å². The van der Waals surface area contributed by atoms with Gasteiger partial charge in [0.25, 0.3) is 0 Å². The third kappa shape index (κ3) is 1.71. The number of ether oxygens (including phenoxy) is 1. The molecule has 1 aliphatic carbocycles. The molecule has 2 heteroatoms. The predicted octanol–water partition coefficient (Wildman–Crippen LogP) is 2.58. The SMILES string of the molecule is CCC1CC1(CNC)c1ccccc1OC. The molecule has 0 heterocycles. The standard InChI is InChI=1S/C14H21NO/c1-4-11-9-14(11,10-15-2)12-7-5-6-8-13(12)16-3/h5-8,11,15H,4,9-10H2,1-3H3. The van der Waals surface area contributed by atoms with Crippen LogP contribution in [0, 0.1) is 5.92 Å². The molecule has 0 spiro atoms. The minimum atomic E-state index is 0.316. The normalized spacial score (nSPS) is 27.8. The van der Waals surface area contributed by atoms with E-state index in [1.165, 1.54) is 18.4 Å². The number of hydrogen-bond acceptors (Lipinski definition) is 2. The van der Waals surface area contributed by atoms with Gasteiger partial charge in [0.05, 0.1) is 7.11 Å². The molecule has 1 aliphatic rings. The van der Waals surface area contributed by atoms with Crippen LogP contribution in [-0.4, -0.2) is 20.7 Å². The van der Waals surface area contributed by atoms with E-state index in [0.29, 0.717) is 5.41 Å². The second-order valence-electron chi connectivity index (χ2n) is 4.70. The van der Waals surface area contributed by atoms with E-state index in [0.717, 1.165) is 18.2 Å². The monoisotopic (exact) mass is 219 g/mol. The number of methoxy groups -OCH3 is 1. The number of para-hydroxylation sites is 1. The van der Waals surface area contributed by atoms with Gasteiger partial charge in [0, 0.05) is 17.5 Å². The Morgan fingerprint density at radius 1 is 1.44 bits per heavy atom. The van der Waals surface area contributed by atoms with E-state index in [4.69, 9.17) is 4.74 Å². The van der Waals surface area contributed by atoms with Crippen molar-refractivity contribution in [2.75, 3.05) is 20.7 Å². The van der Waals surface area contributed by atoms with Crippen molar-refractivity contribution in [3.8, 4) is 5.75 Å². The molecule has 2 nitrogen and oxygen atoms in total. The van der Waals surface area contributed by atoms with Crippen LogP contribution in [0.1, 0.15) is 25.3 Å². The lowest BCUT2D eigenvalue weighted by Gasteiger charge is -2.20. The maximum Gasteiger partial charge on any atom is 0.122 e. The largest absolute Gasteiger partial charge is 0.496 e. The van der Waals surface area contributed by atoms with Crippen molar-refractivity contribution in [1.82, 2.24) is 5.32 Å². The molecule has 88 valence electrons. The Balaban J connectivity index is 2.34.